The Bertz CT molecular complexity index is 580. The summed E-state index contributed by atoms with van der Waals surface area (Å²) in [5.74, 6) is 0.108. The highest BCUT2D eigenvalue weighted by atomic mass is 16.2. The van der Waals surface area contributed by atoms with Crippen LogP contribution in [-0.4, -0.2) is 35.3 Å². The van der Waals surface area contributed by atoms with Gasteiger partial charge in [-0.2, -0.15) is 0 Å². The Kier molecular flexibility index (Phi) is 3.71. The van der Waals surface area contributed by atoms with E-state index in [0.717, 1.165) is 31.2 Å². The van der Waals surface area contributed by atoms with Crippen LogP contribution in [0.15, 0.2) is 30.3 Å². The van der Waals surface area contributed by atoms with Crippen LogP contribution < -0.4 is 5.32 Å². The molecule has 22 heavy (non-hydrogen) atoms. The van der Waals surface area contributed by atoms with Gasteiger partial charge in [-0.05, 0) is 38.2 Å². The number of nitrogens with one attached hydrogen (secondary N) is 1. The number of hydrogen-bond acceptors (Lipinski definition) is 2. The fourth-order valence-electron chi connectivity index (χ4n) is 3.32. The first-order valence-corrected chi connectivity index (χ1v) is 8.20. The molecule has 0 spiro atoms. The van der Waals surface area contributed by atoms with Gasteiger partial charge in [-0.1, -0.05) is 37.3 Å². The van der Waals surface area contributed by atoms with Crippen molar-refractivity contribution >= 4 is 11.8 Å². The van der Waals surface area contributed by atoms with Gasteiger partial charge in [0.05, 0.1) is 5.41 Å². The van der Waals surface area contributed by atoms with E-state index in [1.54, 1.807) is 4.90 Å². The second-order valence-corrected chi connectivity index (χ2v) is 6.68. The molecular formula is C18H24N2O2. The molecule has 4 nitrogen and oxygen atoms in total. The maximum atomic E-state index is 13.0. The summed E-state index contributed by atoms with van der Waals surface area (Å²) in [6.07, 6.45) is 3.43. The Morgan fingerprint density at radius 2 is 1.86 bits per heavy atom. The van der Waals surface area contributed by atoms with Gasteiger partial charge in [0.15, 0.2) is 0 Å². The molecule has 1 aliphatic heterocycles. The number of carbonyl (C=O) groups excluding carboxylic acids is 2. The molecule has 0 aromatic heterocycles. The van der Waals surface area contributed by atoms with Gasteiger partial charge in [0.25, 0.3) is 0 Å². The van der Waals surface area contributed by atoms with Gasteiger partial charge < -0.3 is 10.2 Å². The average molecular weight is 300 g/mol. The van der Waals surface area contributed by atoms with Crippen LogP contribution in [0.5, 0.6) is 0 Å². The lowest BCUT2D eigenvalue weighted by atomic mass is 9.82. The highest BCUT2D eigenvalue weighted by Gasteiger charge is 2.59. The molecule has 2 amide bonds. The number of hydrogen-bond donors (Lipinski definition) is 1. The minimum atomic E-state index is -0.670. The zero-order valence-corrected chi connectivity index (χ0v) is 13.4. The molecule has 1 atom stereocenters. The van der Waals surface area contributed by atoms with E-state index in [1.165, 1.54) is 0 Å². The van der Waals surface area contributed by atoms with Crippen LogP contribution >= 0.6 is 0 Å². The molecule has 1 saturated carbocycles. The van der Waals surface area contributed by atoms with E-state index in [1.807, 2.05) is 44.2 Å². The van der Waals surface area contributed by atoms with E-state index in [-0.39, 0.29) is 17.2 Å². The summed E-state index contributed by atoms with van der Waals surface area (Å²) in [6.45, 7) is 5.27. The molecule has 1 heterocycles. The predicted octanol–water partition coefficient (Wildman–Crippen LogP) is 2.24. The molecule has 118 valence electrons. The molecular weight excluding hydrogens is 276 g/mol. The quantitative estimate of drug-likeness (QED) is 0.906. The largest absolute Gasteiger partial charge is 0.354 e. The Labute approximate surface area is 131 Å². The Morgan fingerprint density at radius 1 is 1.18 bits per heavy atom. The summed E-state index contributed by atoms with van der Waals surface area (Å²) < 4.78 is 0. The van der Waals surface area contributed by atoms with Gasteiger partial charge in [0.2, 0.25) is 11.8 Å². The SMILES string of the molecule is CCCNC(=O)C1(C)CCN1C(=O)C1(c2ccccc2)CC1. The zero-order chi connectivity index (χ0) is 15.8. The van der Waals surface area contributed by atoms with Crippen molar-refractivity contribution in [1.29, 1.82) is 0 Å². The smallest absolute Gasteiger partial charge is 0.245 e. The lowest BCUT2D eigenvalue weighted by molar-refractivity contribution is -0.159. The van der Waals surface area contributed by atoms with Crippen molar-refractivity contribution in [3.05, 3.63) is 35.9 Å². The summed E-state index contributed by atoms with van der Waals surface area (Å²) in [7, 11) is 0. The van der Waals surface area contributed by atoms with Gasteiger partial charge in [-0.3, -0.25) is 9.59 Å². The van der Waals surface area contributed by atoms with Gasteiger partial charge in [-0.25, -0.2) is 0 Å². The highest BCUT2D eigenvalue weighted by Crippen LogP contribution is 2.51. The third-order valence-corrected chi connectivity index (χ3v) is 5.17. The molecule has 1 unspecified atom stereocenters. The number of amides is 2. The van der Waals surface area contributed by atoms with E-state index >= 15 is 0 Å². The lowest BCUT2D eigenvalue weighted by Crippen LogP contribution is -2.69. The molecule has 0 radical (unpaired) electrons. The number of benzene rings is 1. The van der Waals surface area contributed by atoms with Crippen molar-refractivity contribution in [2.24, 2.45) is 0 Å². The third-order valence-electron chi connectivity index (χ3n) is 5.17. The summed E-state index contributed by atoms with van der Waals surface area (Å²) in [6, 6.07) is 9.98. The number of carbonyl (C=O) groups is 2. The zero-order valence-electron chi connectivity index (χ0n) is 13.4. The summed E-state index contributed by atoms with van der Waals surface area (Å²) in [4.78, 5) is 27.2. The lowest BCUT2D eigenvalue weighted by Gasteiger charge is -2.50. The van der Waals surface area contributed by atoms with E-state index in [0.29, 0.717) is 13.1 Å². The molecule has 4 heteroatoms. The predicted molar refractivity (Wildman–Crippen MR) is 85.4 cm³/mol. The van der Waals surface area contributed by atoms with Crippen LogP contribution in [-0.2, 0) is 15.0 Å². The van der Waals surface area contributed by atoms with Crippen LogP contribution in [0.1, 0.15) is 45.1 Å². The van der Waals surface area contributed by atoms with E-state index in [4.69, 9.17) is 0 Å². The highest BCUT2D eigenvalue weighted by molar-refractivity contribution is 5.98. The fraction of sp³-hybridized carbons (Fsp3) is 0.556. The van der Waals surface area contributed by atoms with Crippen molar-refractivity contribution in [3.63, 3.8) is 0 Å². The van der Waals surface area contributed by atoms with Crippen LogP contribution in [0.3, 0.4) is 0 Å². The molecule has 1 aliphatic carbocycles. The number of nitrogens with zero attached hydrogens (tertiary/aromatic N) is 1. The first-order valence-electron chi connectivity index (χ1n) is 8.20. The van der Waals surface area contributed by atoms with Crippen molar-refractivity contribution in [2.45, 2.75) is 50.5 Å². The van der Waals surface area contributed by atoms with Crippen molar-refractivity contribution < 1.29 is 9.59 Å². The van der Waals surface area contributed by atoms with E-state index in [2.05, 4.69) is 5.32 Å². The molecule has 2 fully saturated rings. The molecule has 1 aromatic carbocycles. The van der Waals surface area contributed by atoms with Crippen molar-refractivity contribution in [2.75, 3.05) is 13.1 Å². The molecule has 1 N–H and O–H groups in total. The van der Waals surface area contributed by atoms with Gasteiger partial charge >= 0.3 is 0 Å². The second kappa shape index (κ2) is 5.41. The summed E-state index contributed by atoms with van der Waals surface area (Å²) in [5, 5.41) is 2.94. The Hall–Kier alpha value is -1.84. The maximum absolute atomic E-state index is 13.0. The summed E-state index contributed by atoms with van der Waals surface area (Å²) in [5.41, 5.74) is 0.0353. The van der Waals surface area contributed by atoms with Gasteiger partial charge in [0, 0.05) is 13.1 Å². The monoisotopic (exact) mass is 300 g/mol. The second-order valence-electron chi connectivity index (χ2n) is 6.68. The van der Waals surface area contributed by atoms with Crippen LogP contribution in [0.2, 0.25) is 0 Å². The fourth-order valence-corrected chi connectivity index (χ4v) is 3.32. The summed E-state index contributed by atoms with van der Waals surface area (Å²) >= 11 is 0. The van der Waals surface area contributed by atoms with Crippen LogP contribution in [0.4, 0.5) is 0 Å². The first kappa shape index (κ1) is 15.1. The molecule has 0 bridgehead atoms. The normalized spacial score (nSPS) is 25.3. The van der Waals surface area contributed by atoms with Crippen LogP contribution in [0.25, 0.3) is 0 Å². The molecule has 1 saturated heterocycles. The minimum absolute atomic E-state index is 0.0159. The van der Waals surface area contributed by atoms with Crippen LogP contribution in [0, 0.1) is 0 Å². The van der Waals surface area contributed by atoms with E-state index < -0.39 is 5.54 Å². The number of rotatable bonds is 5. The topological polar surface area (TPSA) is 49.4 Å². The first-order chi connectivity index (χ1) is 10.5. The molecule has 3 rings (SSSR count). The van der Waals surface area contributed by atoms with Crippen molar-refractivity contribution in [1.82, 2.24) is 10.2 Å². The average Bonchev–Trinajstić information content (AvgIpc) is 3.33. The Morgan fingerprint density at radius 3 is 2.36 bits per heavy atom. The van der Waals surface area contributed by atoms with Gasteiger partial charge in [0.1, 0.15) is 5.54 Å². The van der Waals surface area contributed by atoms with Gasteiger partial charge in [-0.15, -0.1) is 0 Å². The molecule has 1 aromatic rings. The third kappa shape index (κ3) is 2.21. The Balaban J connectivity index is 1.77. The minimum Gasteiger partial charge on any atom is -0.354 e. The van der Waals surface area contributed by atoms with E-state index in [9.17, 15) is 9.59 Å². The van der Waals surface area contributed by atoms with Crippen molar-refractivity contribution in [3.8, 4) is 0 Å². The number of likely N-dealkylation sites (tertiary alicyclic amines) is 1. The maximum Gasteiger partial charge on any atom is 0.245 e. The molecule has 2 aliphatic rings. The standard InChI is InChI=1S/C18H24N2O2/c1-3-12-19-15(21)17(2)11-13-20(17)16(22)18(9-10-18)14-7-5-4-6-8-14/h4-8H,3,9-13H2,1-2H3,(H,19,21).